The number of hydrogen-bond acceptors (Lipinski definition) is 4. The van der Waals surface area contributed by atoms with Crippen molar-refractivity contribution in [3.05, 3.63) is 51.0 Å². The zero-order chi connectivity index (χ0) is 23.2. The van der Waals surface area contributed by atoms with Gasteiger partial charge in [-0.2, -0.15) is 0 Å². The smallest absolute Gasteiger partial charge is 0.255 e. The van der Waals surface area contributed by atoms with Crippen LogP contribution in [0.1, 0.15) is 63.0 Å². The van der Waals surface area contributed by atoms with Crippen LogP contribution in [0.15, 0.2) is 29.2 Å². The first-order valence-corrected chi connectivity index (χ1v) is 11.4. The van der Waals surface area contributed by atoms with Gasteiger partial charge in [0.1, 0.15) is 10.6 Å². The Morgan fingerprint density at radius 2 is 1.43 bits per heavy atom. The number of halogens is 2. The molecule has 30 heavy (non-hydrogen) atoms. The molecule has 0 spiro atoms. The minimum atomic E-state index is -4.20. The molecule has 9 heteroatoms. The van der Waals surface area contributed by atoms with E-state index in [0.29, 0.717) is 11.1 Å². The summed E-state index contributed by atoms with van der Waals surface area (Å²) in [5.74, 6) is -0.471. The maximum Gasteiger partial charge on any atom is 0.255 e. The zero-order valence-electron chi connectivity index (χ0n) is 17.7. The molecule has 0 aromatic heterocycles. The molecular formula is C21H26Cl2N2O4S. The highest BCUT2D eigenvalue weighted by molar-refractivity contribution is 7.89. The van der Waals surface area contributed by atoms with E-state index in [2.05, 4.69) is 5.32 Å². The maximum atomic E-state index is 13.1. The largest absolute Gasteiger partial charge is 0.507 e. The summed E-state index contributed by atoms with van der Waals surface area (Å²) in [6.07, 6.45) is 0. The van der Waals surface area contributed by atoms with E-state index in [1.807, 2.05) is 41.5 Å². The number of nitrogens with two attached hydrogens (primary N) is 1. The number of carbonyl (C=O) groups is 1. The number of amides is 1. The number of benzene rings is 2. The quantitative estimate of drug-likeness (QED) is 0.570. The van der Waals surface area contributed by atoms with Crippen molar-refractivity contribution < 1.29 is 18.3 Å². The van der Waals surface area contributed by atoms with E-state index in [9.17, 15) is 18.3 Å². The topological polar surface area (TPSA) is 109 Å². The summed E-state index contributed by atoms with van der Waals surface area (Å²) in [5, 5.41) is 18.6. The van der Waals surface area contributed by atoms with Crippen LogP contribution in [0.25, 0.3) is 0 Å². The molecule has 0 aliphatic carbocycles. The third kappa shape index (κ3) is 5.27. The minimum absolute atomic E-state index is 0.0641. The van der Waals surface area contributed by atoms with E-state index in [1.54, 1.807) is 12.1 Å². The fourth-order valence-corrected chi connectivity index (χ4v) is 4.39. The first-order chi connectivity index (χ1) is 13.4. The molecule has 2 aromatic carbocycles. The summed E-state index contributed by atoms with van der Waals surface area (Å²) < 4.78 is 23.9. The lowest BCUT2D eigenvalue weighted by molar-refractivity contribution is 0.102. The van der Waals surface area contributed by atoms with Gasteiger partial charge in [0.25, 0.3) is 5.91 Å². The molecule has 2 rings (SSSR count). The average Bonchev–Trinajstić information content (AvgIpc) is 2.53. The lowest BCUT2D eigenvalue weighted by Gasteiger charge is -2.28. The molecule has 0 fully saturated rings. The van der Waals surface area contributed by atoms with Gasteiger partial charge >= 0.3 is 0 Å². The molecule has 164 valence electrons. The Morgan fingerprint density at radius 3 is 1.83 bits per heavy atom. The molecule has 0 atom stereocenters. The average molecular weight is 473 g/mol. The summed E-state index contributed by atoms with van der Waals surface area (Å²) >= 11 is 12.0. The number of aromatic hydroxyl groups is 1. The number of anilines is 1. The number of carbonyl (C=O) groups excluding carboxylic acids is 1. The van der Waals surface area contributed by atoms with E-state index in [-0.39, 0.29) is 31.9 Å². The Hall–Kier alpha value is -1.80. The SMILES string of the molecule is CC(C)(C)c1cc(C(=O)Nc2c(Cl)cc(Cl)cc2S(N)(=O)=O)cc(C(C)(C)C)c1O. The van der Waals surface area contributed by atoms with Crippen molar-refractivity contribution in [2.24, 2.45) is 5.14 Å². The maximum absolute atomic E-state index is 13.1. The second-order valence-electron chi connectivity index (χ2n) is 9.18. The molecule has 1 amide bonds. The van der Waals surface area contributed by atoms with E-state index >= 15 is 0 Å². The Balaban J connectivity index is 2.67. The van der Waals surface area contributed by atoms with Crippen LogP contribution < -0.4 is 10.5 Å². The monoisotopic (exact) mass is 472 g/mol. The van der Waals surface area contributed by atoms with Gasteiger partial charge in [-0.05, 0) is 35.1 Å². The standard InChI is InChI=1S/C21H26Cl2N2O4S/c1-20(2,3)13-7-11(8-14(18(13)26)21(4,5)6)19(27)25-17-15(23)9-12(22)10-16(17)30(24,28)29/h7-10,26H,1-6H3,(H,25,27)(H2,24,28,29). The molecule has 0 aliphatic heterocycles. The van der Waals surface area contributed by atoms with Gasteiger partial charge < -0.3 is 10.4 Å². The van der Waals surface area contributed by atoms with Crippen molar-refractivity contribution in [1.82, 2.24) is 0 Å². The number of sulfonamides is 1. The van der Waals surface area contributed by atoms with Crippen LogP contribution in [-0.2, 0) is 20.9 Å². The third-order valence-electron chi connectivity index (χ3n) is 4.55. The van der Waals surface area contributed by atoms with Crippen molar-refractivity contribution in [2.45, 2.75) is 57.3 Å². The molecule has 6 nitrogen and oxygen atoms in total. The fraction of sp³-hybridized carbons (Fsp3) is 0.381. The molecule has 0 saturated carbocycles. The summed E-state index contributed by atoms with van der Waals surface area (Å²) in [6.45, 7) is 11.5. The van der Waals surface area contributed by atoms with Crippen molar-refractivity contribution in [3.8, 4) is 5.75 Å². The van der Waals surface area contributed by atoms with Gasteiger partial charge in [-0.1, -0.05) is 64.7 Å². The highest BCUT2D eigenvalue weighted by atomic mass is 35.5. The number of hydrogen-bond donors (Lipinski definition) is 3. The van der Waals surface area contributed by atoms with E-state index in [1.165, 1.54) is 6.07 Å². The third-order valence-corrected chi connectivity index (χ3v) is 6.00. The first-order valence-electron chi connectivity index (χ1n) is 9.14. The fourth-order valence-electron chi connectivity index (χ4n) is 2.99. The summed E-state index contributed by atoms with van der Waals surface area (Å²) in [7, 11) is -4.20. The van der Waals surface area contributed by atoms with E-state index < -0.39 is 26.8 Å². The molecule has 0 bridgehead atoms. The van der Waals surface area contributed by atoms with Crippen LogP contribution in [0, 0.1) is 0 Å². The van der Waals surface area contributed by atoms with Crippen molar-refractivity contribution in [1.29, 1.82) is 0 Å². The highest BCUT2D eigenvalue weighted by Gasteiger charge is 2.28. The predicted octanol–water partition coefficient (Wildman–Crippen LogP) is 5.19. The number of phenols is 1. The van der Waals surface area contributed by atoms with Gasteiger partial charge in [-0.3, -0.25) is 4.79 Å². The van der Waals surface area contributed by atoms with Gasteiger partial charge in [-0.25, -0.2) is 13.6 Å². The van der Waals surface area contributed by atoms with Gasteiger partial charge in [0, 0.05) is 21.7 Å². The Labute approximate surface area is 187 Å². The lowest BCUT2D eigenvalue weighted by atomic mass is 9.78. The van der Waals surface area contributed by atoms with E-state index in [0.717, 1.165) is 6.07 Å². The first kappa shape index (κ1) is 24.5. The molecule has 2 aromatic rings. The number of nitrogens with one attached hydrogen (secondary N) is 1. The van der Waals surface area contributed by atoms with Crippen LogP contribution in [0.2, 0.25) is 10.0 Å². The Bertz CT molecular complexity index is 1080. The molecule has 0 radical (unpaired) electrons. The normalized spacial score (nSPS) is 12.7. The summed E-state index contributed by atoms with van der Waals surface area (Å²) in [5.41, 5.74) is 0.391. The molecular weight excluding hydrogens is 447 g/mol. The highest BCUT2D eigenvalue weighted by Crippen LogP contribution is 2.40. The summed E-state index contributed by atoms with van der Waals surface area (Å²) in [6, 6.07) is 5.60. The second-order valence-corrected chi connectivity index (χ2v) is 11.6. The predicted molar refractivity (Wildman–Crippen MR) is 121 cm³/mol. The number of rotatable bonds is 3. The molecule has 0 unspecified atom stereocenters. The van der Waals surface area contributed by atoms with Crippen molar-refractivity contribution in [2.75, 3.05) is 5.32 Å². The van der Waals surface area contributed by atoms with Crippen molar-refractivity contribution in [3.63, 3.8) is 0 Å². The molecule has 0 aliphatic rings. The van der Waals surface area contributed by atoms with Crippen LogP contribution in [0.5, 0.6) is 5.75 Å². The van der Waals surface area contributed by atoms with Gasteiger partial charge in [0.15, 0.2) is 0 Å². The van der Waals surface area contributed by atoms with Gasteiger partial charge in [-0.15, -0.1) is 0 Å². The Kier molecular flexibility index (Phi) is 6.56. The van der Waals surface area contributed by atoms with Crippen LogP contribution in [0.3, 0.4) is 0 Å². The van der Waals surface area contributed by atoms with Gasteiger partial charge in [0.2, 0.25) is 10.0 Å². The lowest BCUT2D eigenvalue weighted by Crippen LogP contribution is -2.22. The Morgan fingerprint density at radius 1 is 0.967 bits per heavy atom. The zero-order valence-corrected chi connectivity index (χ0v) is 20.1. The number of primary sulfonamides is 1. The van der Waals surface area contributed by atoms with Crippen LogP contribution >= 0.6 is 23.2 Å². The second kappa shape index (κ2) is 8.04. The molecule has 4 N–H and O–H groups in total. The van der Waals surface area contributed by atoms with E-state index in [4.69, 9.17) is 28.3 Å². The number of phenolic OH excluding ortho intramolecular Hbond substituents is 1. The van der Waals surface area contributed by atoms with Crippen molar-refractivity contribution >= 4 is 44.8 Å². The molecule has 0 heterocycles. The summed E-state index contributed by atoms with van der Waals surface area (Å²) in [4.78, 5) is 12.7. The van der Waals surface area contributed by atoms with Crippen LogP contribution in [-0.4, -0.2) is 19.4 Å². The molecule has 0 saturated heterocycles. The van der Waals surface area contributed by atoms with Gasteiger partial charge in [0.05, 0.1) is 10.7 Å². The minimum Gasteiger partial charge on any atom is -0.507 e. The van der Waals surface area contributed by atoms with Crippen LogP contribution in [0.4, 0.5) is 5.69 Å².